The summed E-state index contributed by atoms with van der Waals surface area (Å²) in [5.41, 5.74) is 3.28. The number of anilines is 1. The van der Waals surface area contributed by atoms with E-state index in [-0.39, 0.29) is 12.5 Å². The molecule has 31 heavy (non-hydrogen) atoms. The maximum Gasteiger partial charge on any atom is 0.266 e. The number of morpholine rings is 1. The molecule has 0 atom stereocenters. The number of nitrogens with zero attached hydrogens (tertiary/aromatic N) is 3. The number of rotatable bonds is 8. The van der Waals surface area contributed by atoms with Crippen LogP contribution in [0.25, 0.3) is 10.2 Å². The Morgan fingerprint density at radius 3 is 2.65 bits per heavy atom. The van der Waals surface area contributed by atoms with Gasteiger partial charge in [-0.3, -0.25) is 14.6 Å². The van der Waals surface area contributed by atoms with Gasteiger partial charge in [-0.1, -0.05) is 35.1 Å². The molecule has 0 bridgehead atoms. The van der Waals surface area contributed by atoms with Crippen molar-refractivity contribution in [3.63, 3.8) is 0 Å². The zero-order valence-electron chi connectivity index (χ0n) is 18.2. The summed E-state index contributed by atoms with van der Waals surface area (Å²) in [4.78, 5) is 22.1. The van der Waals surface area contributed by atoms with Crippen molar-refractivity contribution < 1.29 is 14.3 Å². The van der Waals surface area contributed by atoms with E-state index in [1.54, 1.807) is 16.2 Å². The minimum atomic E-state index is -0.0710. The molecule has 0 aliphatic carbocycles. The van der Waals surface area contributed by atoms with E-state index in [1.807, 2.05) is 37.3 Å². The van der Waals surface area contributed by atoms with Gasteiger partial charge in [-0.05, 0) is 50.1 Å². The predicted molar refractivity (Wildman–Crippen MR) is 125 cm³/mol. The van der Waals surface area contributed by atoms with E-state index in [2.05, 4.69) is 24.0 Å². The highest BCUT2D eigenvalue weighted by atomic mass is 32.1. The topological polar surface area (TPSA) is 54.9 Å². The number of benzene rings is 2. The summed E-state index contributed by atoms with van der Waals surface area (Å²) < 4.78 is 12.3. The lowest BCUT2D eigenvalue weighted by atomic mass is 10.2. The summed E-state index contributed by atoms with van der Waals surface area (Å²) in [5.74, 6) is 0.630. The van der Waals surface area contributed by atoms with E-state index in [1.165, 1.54) is 5.56 Å². The Kier molecular flexibility index (Phi) is 7.17. The SMILES string of the molecule is Cc1ccc(OCC(=O)N(CCCN2CCOCC2)c2nc3ccc(C)cc3s2)cc1. The van der Waals surface area contributed by atoms with Crippen LogP contribution in [0.3, 0.4) is 0 Å². The highest BCUT2D eigenvalue weighted by molar-refractivity contribution is 7.22. The van der Waals surface area contributed by atoms with Crippen LogP contribution in [-0.4, -0.2) is 61.8 Å². The third kappa shape index (κ3) is 5.81. The van der Waals surface area contributed by atoms with Crippen molar-refractivity contribution in [1.29, 1.82) is 0 Å². The van der Waals surface area contributed by atoms with Gasteiger partial charge in [0.1, 0.15) is 5.75 Å². The Morgan fingerprint density at radius 2 is 1.87 bits per heavy atom. The fourth-order valence-corrected chi connectivity index (χ4v) is 4.70. The molecular weight excluding hydrogens is 410 g/mol. The van der Waals surface area contributed by atoms with Gasteiger partial charge in [0.05, 0.1) is 23.4 Å². The maximum atomic E-state index is 13.1. The van der Waals surface area contributed by atoms with Gasteiger partial charge in [-0.2, -0.15) is 0 Å². The molecule has 1 fully saturated rings. The number of aromatic nitrogens is 1. The largest absolute Gasteiger partial charge is 0.484 e. The van der Waals surface area contributed by atoms with Gasteiger partial charge >= 0.3 is 0 Å². The van der Waals surface area contributed by atoms with Crippen LogP contribution in [0.4, 0.5) is 5.13 Å². The molecule has 0 radical (unpaired) electrons. The third-order valence-corrected chi connectivity index (χ3v) is 6.45. The Morgan fingerprint density at radius 1 is 1.13 bits per heavy atom. The molecule has 0 unspecified atom stereocenters. The third-order valence-electron chi connectivity index (χ3n) is 5.41. The highest BCUT2D eigenvalue weighted by Gasteiger charge is 2.21. The van der Waals surface area contributed by atoms with Crippen molar-refractivity contribution in [3.05, 3.63) is 53.6 Å². The molecule has 2 heterocycles. The molecule has 1 amide bonds. The van der Waals surface area contributed by atoms with Crippen molar-refractivity contribution in [2.45, 2.75) is 20.3 Å². The number of thiazole rings is 1. The second kappa shape index (κ2) is 10.2. The number of hydrogen-bond donors (Lipinski definition) is 0. The summed E-state index contributed by atoms with van der Waals surface area (Å²) in [7, 11) is 0. The molecule has 1 aliphatic heterocycles. The molecular formula is C24H29N3O3S. The van der Waals surface area contributed by atoms with E-state index < -0.39 is 0 Å². The number of carbonyl (C=O) groups excluding carboxylic acids is 1. The molecule has 1 saturated heterocycles. The van der Waals surface area contributed by atoms with Gasteiger partial charge in [-0.25, -0.2) is 4.98 Å². The van der Waals surface area contributed by atoms with Gasteiger partial charge in [0.25, 0.3) is 5.91 Å². The van der Waals surface area contributed by atoms with E-state index in [4.69, 9.17) is 14.5 Å². The number of hydrogen-bond acceptors (Lipinski definition) is 6. The molecule has 0 saturated carbocycles. The standard InChI is InChI=1S/C24H29N3O3S/c1-18-4-7-20(8-5-18)30-17-23(28)27(11-3-10-26-12-14-29-15-13-26)24-25-21-9-6-19(2)16-22(21)31-24/h4-9,16H,3,10-15,17H2,1-2H3. The van der Waals surface area contributed by atoms with Crippen LogP contribution in [-0.2, 0) is 9.53 Å². The molecule has 6 nitrogen and oxygen atoms in total. The molecule has 0 spiro atoms. The number of amides is 1. The first-order chi connectivity index (χ1) is 15.1. The summed E-state index contributed by atoms with van der Waals surface area (Å²) in [5, 5.41) is 0.736. The average Bonchev–Trinajstić information content (AvgIpc) is 3.19. The van der Waals surface area contributed by atoms with Crippen molar-refractivity contribution in [2.75, 3.05) is 50.9 Å². The maximum absolute atomic E-state index is 13.1. The Labute approximate surface area is 187 Å². The minimum absolute atomic E-state index is 0.00440. The molecule has 1 aromatic heterocycles. The van der Waals surface area contributed by atoms with Crippen LogP contribution < -0.4 is 9.64 Å². The number of carbonyl (C=O) groups is 1. The van der Waals surface area contributed by atoms with Gasteiger partial charge < -0.3 is 9.47 Å². The number of fused-ring (bicyclic) bond motifs is 1. The van der Waals surface area contributed by atoms with E-state index in [0.29, 0.717) is 12.3 Å². The second-order valence-electron chi connectivity index (χ2n) is 7.92. The molecule has 7 heteroatoms. The zero-order chi connectivity index (χ0) is 21.6. The Bertz CT molecular complexity index is 1010. The summed E-state index contributed by atoms with van der Waals surface area (Å²) >= 11 is 1.56. The van der Waals surface area contributed by atoms with E-state index in [9.17, 15) is 4.79 Å². The molecule has 0 N–H and O–H groups in total. The highest BCUT2D eigenvalue weighted by Crippen LogP contribution is 2.30. The van der Waals surface area contributed by atoms with Crippen molar-refractivity contribution in [2.24, 2.45) is 0 Å². The van der Waals surface area contributed by atoms with Gasteiger partial charge in [0.15, 0.2) is 11.7 Å². The van der Waals surface area contributed by atoms with E-state index in [0.717, 1.165) is 60.2 Å². The molecule has 1 aliphatic rings. The van der Waals surface area contributed by atoms with Crippen molar-refractivity contribution in [1.82, 2.24) is 9.88 Å². The summed E-state index contributed by atoms with van der Waals surface area (Å²) in [6.07, 6.45) is 0.880. The van der Waals surface area contributed by atoms with E-state index >= 15 is 0 Å². The first kappa shape index (κ1) is 21.7. The van der Waals surface area contributed by atoms with Gasteiger partial charge in [0, 0.05) is 26.2 Å². The van der Waals surface area contributed by atoms with Crippen LogP contribution >= 0.6 is 11.3 Å². The number of ether oxygens (including phenoxy) is 2. The fraction of sp³-hybridized carbons (Fsp3) is 0.417. The van der Waals surface area contributed by atoms with Gasteiger partial charge in [0.2, 0.25) is 0 Å². The lowest BCUT2D eigenvalue weighted by molar-refractivity contribution is -0.120. The van der Waals surface area contributed by atoms with Crippen molar-refractivity contribution in [3.8, 4) is 5.75 Å². The summed E-state index contributed by atoms with van der Waals surface area (Å²) in [6.45, 7) is 9.11. The fourth-order valence-electron chi connectivity index (χ4n) is 3.60. The minimum Gasteiger partial charge on any atom is -0.484 e. The number of aryl methyl sites for hydroxylation is 2. The monoisotopic (exact) mass is 439 g/mol. The van der Waals surface area contributed by atoms with Crippen LogP contribution in [0.1, 0.15) is 17.5 Å². The van der Waals surface area contributed by atoms with Crippen LogP contribution in [0, 0.1) is 13.8 Å². The molecule has 4 rings (SSSR count). The normalized spacial score (nSPS) is 14.6. The lowest BCUT2D eigenvalue weighted by Crippen LogP contribution is -2.40. The smallest absolute Gasteiger partial charge is 0.266 e. The van der Waals surface area contributed by atoms with Crippen molar-refractivity contribution >= 4 is 32.6 Å². The Balaban J connectivity index is 1.46. The second-order valence-corrected chi connectivity index (χ2v) is 8.93. The van der Waals surface area contributed by atoms with Gasteiger partial charge in [-0.15, -0.1) is 0 Å². The zero-order valence-corrected chi connectivity index (χ0v) is 19.0. The quantitative estimate of drug-likeness (QED) is 0.530. The first-order valence-corrected chi connectivity index (χ1v) is 11.6. The average molecular weight is 440 g/mol. The molecule has 2 aromatic carbocycles. The van der Waals surface area contributed by atoms with Crippen LogP contribution in [0.15, 0.2) is 42.5 Å². The first-order valence-electron chi connectivity index (χ1n) is 10.8. The summed E-state index contributed by atoms with van der Waals surface area (Å²) in [6, 6.07) is 13.9. The Hall–Kier alpha value is -2.48. The predicted octanol–water partition coefficient (Wildman–Crippen LogP) is 4.05. The molecule has 164 valence electrons. The molecule has 3 aromatic rings. The van der Waals surface area contributed by atoms with Crippen LogP contribution in [0.2, 0.25) is 0 Å². The lowest BCUT2D eigenvalue weighted by Gasteiger charge is -2.27. The van der Waals surface area contributed by atoms with Crippen LogP contribution in [0.5, 0.6) is 5.75 Å².